The van der Waals surface area contributed by atoms with Gasteiger partial charge in [0.2, 0.25) is 0 Å². The first-order chi connectivity index (χ1) is 48.1. The molecule has 26 nitrogen and oxygen atoms in total. The van der Waals surface area contributed by atoms with E-state index in [9.17, 15) is 63.8 Å². The van der Waals surface area contributed by atoms with Gasteiger partial charge >= 0.3 is 0 Å². The number of nitrogens with one attached hydrogen (secondary N) is 3. The Morgan fingerprint density at radius 2 is 0.969 bits per heavy atom. The number of β-amino-alcohol motifs (C(OH)–C–C–N with tert-alkyl or cyclic N) is 2. The highest BCUT2D eigenvalue weighted by Gasteiger charge is 2.39. The number of hydrogen-bond acceptors (Lipinski definition) is 20. The van der Waals surface area contributed by atoms with Crippen molar-refractivity contribution in [1.82, 2.24) is 60.2 Å². The van der Waals surface area contributed by atoms with Crippen molar-refractivity contribution in [2.45, 2.75) is 82.3 Å². The summed E-state index contributed by atoms with van der Waals surface area (Å²) in [6.07, 6.45) is 3.59. The van der Waals surface area contributed by atoms with Crippen molar-refractivity contribution in [1.29, 1.82) is 15.8 Å². The van der Waals surface area contributed by atoms with E-state index in [1.807, 2.05) is 34.1 Å². The van der Waals surface area contributed by atoms with E-state index in [0.29, 0.717) is 83.7 Å². The van der Waals surface area contributed by atoms with Crippen LogP contribution >= 0.6 is 0 Å². The minimum atomic E-state index is -2.48. The average Bonchev–Trinajstić information content (AvgIpc) is 1.57. The Labute approximate surface area is 557 Å². The Kier molecular flexibility index (Phi) is 15.7. The number of rotatable bonds is 10. The second kappa shape index (κ2) is 25.7. The van der Waals surface area contributed by atoms with Crippen molar-refractivity contribution in [2.24, 2.45) is 0 Å². The normalized spacial score (nSPS) is 22.3. The molecule has 3 amide bonds. The van der Waals surface area contributed by atoms with E-state index in [1.165, 1.54) is 89.2 Å². The minimum Gasteiger partial charge on any atom is -0.390 e. The van der Waals surface area contributed by atoms with Crippen LogP contribution in [0.15, 0.2) is 110 Å². The number of carbonyl (C=O) groups is 3. The van der Waals surface area contributed by atoms with Crippen LogP contribution in [0.4, 0.5) is 30.6 Å². The smallest absolute Gasteiger partial charge is 0.255 e. The Morgan fingerprint density at radius 3 is 1.34 bits per heavy atom. The van der Waals surface area contributed by atoms with Gasteiger partial charge in [0.1, 0.15) is 29.2 Å². The predicted molar refractivity (Wildman–Crippen MR) is 342 cm³/mol. The summed E-state index contributed by atoms with van der Waals surface area (Å²) < 4.78 is 87.0. The molecule has 6 aliphatic rings. The molecule has 3 saturated heterocycles. The number of nitrogens with zero attached hydrogens (tertiary/aromatic N) is 15. The number of carbonyl (C=O) groups excluding carboxylic acids is 3. The van der Waals surface area contributed by atoms with Gasteiger partial charge in [-0.1, -0.05) is 18.2 Å². The highest BCUT2D eigenvalue weighted by Crippen LogP contribution is 2.37. The third-order valence-corrected chi connectivity index (χ3v) is 17.3. The molecule has 492 valence electrons. The maximum Gasteiger partial charge on any atom is 0.255 e. The average molecular weight is 1320 g/mol. The standard InChI is InChI=1S/2C23H21FN6O3.C22H19FN6O2/c1-33-19-12-29(7-5-18(19)31)20-6-8-30(28-20)17-9-15(27-16-11-26-23(32)22(16)17)21-13(10-25)3-2-4-14(21)24;1-23(33)12-29(7-5-18(23)31)19-6-8-30(28-19)17-9-15(27-16-11-26-22(32)21(16)17)20-13(10-25)3-2-4-14(20)24;1-22(31)6-8-28(12-22)18-5-7-29(27-18)17-9-15(26-16-11-25-21(30)20(16)17)19-13(10-24)3-2-4-14(19)23/h2-4,6,8-9,18-19,31H,5,7,11-12H2,1H3,(H,26,32);2-4,6,8-9,18,31,33H,5,7,11-12H2,1H3,(H,26,32);2-5,7,9,31H,6,8,11-12H2,1H3,(H,25,30)/t18-,19+;18-,23-;22-/m110/s1/i;;8D2,12D2. The second-order valence-electron chi connectivity index (χ2n) is 24.0. The number of piperidine rings is 2. The van der Waals surface area contributed by atoms with Gasteiger partial charge in [-0.25, -0.2) is 42.2 Å². The Bertz CT molecular complexity index is 5010. The van der Waals surface area contributed by atoms with Crippen LogP contribution in [-0.4, -0.2) is 158 Å². The van der Waals surface area contributed by atoms with E-state index in [0.717, 1.165) is 4.90 Å². The molecule has 5 atom stereocenters. The quantitative estimate of drug-likeness (QED) is 0.0896. The van der Waals surface area contributed by atoms with E-state index in [-0.39, 0.29) is 112 Å². The highest BCUT2D eigenvalue weighted by atomic mass is 19.1. The van der Waals surface area contributed by atoms with Crippen LogP contribution in [0.1, 0.15) is 103 Å². The molecule has 9 aromatic rings. The fourth-order valence-corrected chi connectivity index (χ4v) is 12.4. The summed E-state index contributed by atoms with van der Waals surface area (Å²) in [4.78, 5) is 55.6. The zero-order chi connectivity index (χ0) is 71.8. The third kappa shape index (κ3) is 12.3. The van der Waals surface area contributed by atoms with Gasteiger partial charge < -0.3 is 55.8 Å². The number of aromatic nitrogens is 9. The first-order valence-electron chi connectivity index (χ1n) is 32.5. The lowest BCUT2D eigenvalue weighted by molar-refractivity contribution is -0.0693. The van der Waals surface area contributed by atoms with Crippen LogP contribution < -0.4 is 30.7 Å². The van der Waals surface area contributed by atoms with Crippen LogP contribution in [0.2, 0.25) is 0 Å². The number of ether oxygens (including phenoxy) is 1. The lowest BCUT2D eigenvalue weighted by Crippen LogP contribution is -2.55. The van der Waals surface area contributed by atoms with Gasteiger partial charge in [0.15, 0.2) is 17.5 Å². The van der Waals surface area contributed by atoms with Crippen molar-refractivity contribution < 1.29 is 58.2 Å². The summed E-state index contributed by atoms with van der Waals surface area (Å²) in [7, 11) is 1.56. The number of pyridine rings is 3. The molecule has 3 fully saturated rings. The molecular weight excluding hydrogens is 1250 g/mol. The van der Waals surface area contributed by atoms with E-state index < -0.39 is 66.2 Å². The number of benzene rings is 3. The molecule has 97 heavy (non-hydrogen) atoms. The first kappa shape index (κ1) is 59.4. The molecule has 7 N–H and O–H groups in total. The molecule has 6 aromatic heterocycles. The van der Waals surface area contributed by atoms with E-state index in [1.54, 1.807) is 49.3 Å². The molecule has 0 unspecified atom stereocenters. The number of aliphatic hydroxyl groups is 4. The monoisotopic (exact) mass is 1320 g/mol. The lowest BCUT2D eigenvalue weighted by atomic mass is 9.92. The number of anilines is 3. The van der Waals surface area contributed by atoms with Gasteiger partial charge in [-0.05, 0) is 87.7 Å². The van der Waals surface area contributed by atoms with Gasteiger partial charge in [0.05, 0.1) is 166 Å². The molecule has 0 spiro atoms. The Balaban J connectivity index is 0.000000136. The fourth-order valence-electron chi connectivity index (χ4n) is 12.4. The maximum absolute atomic E-state index is 14.7. The van der Waals surface area contributed by atoms with E-state index >= 15 is 0 Å². The summed E-state index contributed by atoms with van der Waals surface area (Å²) in [5.74, 6) is -1.72. The highest BCUT2D eigenvalue weighted by molar-refractivity contribution is 6.03. The molecule has 3 aromatic carbocycles. The second-order valence-corrected chi connectivity index (χ2v) is 24.0. The van der Waals surface area contributed by atoms with E-state index in [4.69, 9.17) is 10.2 Å². The van der Waals surface area contributed by atoms with Crippen LogP contribution in [-0.2, 0) is 24.4 Å². The Morgan fingerprint density at radius 1 is 0.577 bits per heavy atom. The summed E-state index contributed by atoms with van der Waals surface area (Å²) >= 11 is 0. The number of halogens is 3. The zero-order valence-electron chi connectivity index (χ0n) is 56.0. The van der Waals surface area contributed by atoms with Gasteiger partial charge in [-0.3, -0.25) is 14.4 Å². The lowest BCUT2D eigenvalue weighted by Gasteiger charge is -2.40. The minimum absolute atomic E-state index is 0.0333. The van der Waals surface area contributed by atoms with Crippen LogP contribution in [0.5, 0.6) is 0 Å². The van der Waals surface area contributed by atoms with Crippen LogP contribution in [0.25, 0.3) is 50.8 Å². The zero-order valence-corrected chi connectivity index (χ0v) is 52.0. The van der Waals surface area contributed by atoms with Crippen LogP contribution in [0.3, 0.4) is 0 Å². The molecule has 15 rings (SSSR count). The van der Waals surface area contributed by atoms with Crippen molar-refractivity contribution >= 4 is 35.2 Å². The Hall–Kier alpha value is -11.4. The summed E-state index contributed by atoms with van der Waals surface area (Å²) in [6.45, 7) is 0.349. The number of amides is 3. The van der Waals surface area contributed by atoms with Gasteiger partial charge in [0.25, 0.3) is 17.7 Å². The van der Waals surface area contributed by atoms with Crippen molar-refractivity contribution in [3.8, 4) is 69.0 Å². The molecule has 0 aliphatic carbocycles. The number of hydrogen-bond donors (Lipinski definition) is 7. The topological polar surface area (TPSA) is 351 Å². The van der Waals surface area contributed by atoms with Gasteiger partial charge in [-0.2, -0.15) is 31.1 Å². The van der Waals surface area contributed by atoms with Crippen molar-refractivity contribution in [2.75, 3.05) is 61.0 Å². The summed E-state index contributed by atoms with van der Waals surface area (Å²) in [5, 5.41) is 91.1. The first-order valence-corrected chi connectivity index (χ1v) is 30.5. The SMILES string of the molecule is CO[C@H]1CN(c2ccn(-c3cc(-c4c(F)cccc4C#N)nc4c3C(=O)NC4)n2)CC[C@H]1O.C[C@@]1(O)CN(c2ccn(-c3cc(-c4c(F)cccc4C#N)nc4c3C(=O)NC4)n2)CC[C@H]1O.[2H]C1([2H])C[C@](C)(O)C([2H])([2H])N1c1ccn(-c2cc(-c3c(F)cccc3C#N)nc3c2C(=O)NC3)n1. The number of fused-ring (bicyclic) bond motifs is 3. The number of methoxy groups -OCH3 is 1. The molecule has 29 heteroatoms. The molecule has 0 saturated carbocycles. The van der Waals surface area contributed by atoms with Gasteiger partial charge in [-0.15, -0.1) is 0 Å². The third-order valence-electron chi connectivity index (χ3n) is 17.3. The fraction of sp³-hybridized carbons (Fsp3) is 0.294. The largest absolute Gasteiger partial charge is 0.390 e. The molecule has 0 bridgehead atoms. The van der Waals surface area contributed by atoms with E-state index in [2.05, 4.69) is 46.2 Å². The predicted octanol–water partition coefficient (Wildman–Crippen LogP) is 5.43. The number of nitriles is 3. The summed E-state index contributed by atoms with van der Waals surface area (Å²) in [6, 6.07) is 28.0. The molecule has 12 heterocycles. The molecule has 6 aliphatic heterocycles. The van der Waals surface area contributed by atoms with Crippen LogP contribution in [0, 0.1) is 51.4 Å². The van der Waals surface area contributed by atoms with Crippen molar-refractivity contribution in [3.63, 3.8) is 0 Å². The maximum atomic E-state index is 14.7. The van der Waals surface area contributed by atoms with Crippen molar-refractivity contribution in [3.05, 3.63) is 178 Å². The molecular formula is C68H61F3N18O8. The molecule has 0 radical (unpaired) electrons. The van der Waals surface area contributed by atoms with Gasteiger partial charge in [0, 0.05) is 79.3 Å². The summed E-state index contributed by atoms with van der Waals surface area (Å²) in [5.41, 5.74) is 0.993. The number of aliphatic hydroxyl groups excluding tert-OH is 2.